The highest BCUT2D eigenvalue weighted by Crippen LogP contribution is 2.33. The van der Waals surface area contributed by atoms with Crippen LogP contribution in [-0.4, -0.2) is 21.2 Å². The van der Waals surface area contributed by atoms with E-state index in [-0.39, 0.29) is 6.04 Å². The Bertz CT molecular complexity index is 209. The number of alkyl halides is 1. The van der Waals surface area contributed by atoms with Crippen molar-refractivity contribution in [2.75, 3.05) is 0 Å². The normalized spacial score (nSPS) is 31.7. The standard InChI is InChI=1S/C6H8FN3/c7-5-1-2-6(5)10-4-3-8-9-10/h3-6H,1-2H2/t5-,6+/m0/s1. The van der Waals surface area contributed by atoms with Crippen LogP contribution in [-0.2, 0) is 0 Å². The molecule has 0 radical (unpaired) electrons. The van der Waals surface area contributed by atoms with E-state index in [9.17, 15) is 4.39 Å². The topological polar surface area (TPSA) is 30.7 Å². The number of halogens is 1. The van der Waals surface area contributed by atoms with E-state index in [0.29, 0.717) is 6.42 Å². The maximum Gasteiger partial charge on any atom is 0.123 e. The van der Waals surface area contributed by atoms with Gasteiger partial charge in [0, 0.05) is 6.20 Å². The van der Waals surface area contributed by atoms with Gasteiger partial charge in [0.15, 0.2) is 0 Å². The van der Waals surface area contributed by atoms with Gasteiger partial charge in [0.1, 0.15) is 6.17 Å². The molecule has 0 N–H and O–H groups in total. The lowest BCUT2D eigenvalue weighted by atomic mass is 9.91. The van der Waals surface area contributed by atoms with Crippen LogP contribution in [0.15, 0.2) is 12.4 Å². The highest BCUT2D eigenvalue weighted by Gasteiger charge is 2.32. The zero-order valence-corrected chi connectivity index (χ0v) is 5.44. The van der Waals surface area contributed by atoms with E-state index in [0.717, 1.165) is 6.42 Å². The molecule has 0 amide bonds. The summed E-state index contributed by atoms with van der Waals surface area (Å²) >= 11 is 0. The van der Waals surface area contributed by atoms with E-state index < -0.39 is 6.17 Å². The van der Waals surface area contributed by atoms with E-state index in [1.54, 1.807) is 17.1 Å². The molecule has 0 unspecified atom stereocenters. The number of aromatic nitrogens is 3. The Balaban J connectivity index is 2.14. The first-order valence-electron chi connectivity index (χ1n) is 3.38. The van der Waals surface area contributed by atoms with Crippen molar-refractivity contribution in [3.8, 4) is 0 Å². The molecule has 1 fully saturated rings. The van der Waals surface area contributed by atoms with Crippen molar-refractivity contribution >= 4 is 0 Å². The van der Waals surface area contributed by atoms with Crippen LogP contribution in [0.5, 0.6) is 0 Å². The highest BCUT2D eigenvalue weighted by molar-refractivity contribution is 4.86. The maximum absolute atomic E-state index is 12.7. The third kappa shape index (κ3) is 0.716. The van der Waals surface area contributed by atoms with Crippen molar-refractivity contribution in [3.05, 3.63) is 12.4 Å². The number of hydrogen-bond donors (Lipinski definition) is 0. The molecule has 1 heterocycles. The lowest BCUT2D eigenvalue weighted by molar-refractivity contribution is 0.108. The number of nitrogens with zero attached hydrogens (tertiary/aromatic N) is 3. The van der Waals surface area contributed by atoms with Gasteiger partial charge in [-0.25, -0.2) is 9.07 Å². The molecule has 1 aliphatic rings. The molecule has 1 saturated carbocycles. The van der Waals surface area contributed by atoms with Gasteiger partial charge in [-0.2, -0.15) is 0 Å². The number of hydrogen-bond acceptors (Lipinski definition) is 2. The van der Waals surface area contributed by atoms with Crippen molar-refractivity contribution in [3.63, 3.8) is 0 Å². The molecule has 1 aliphatic carbocycles. The summed E-state index contributed by atoms with van der Waals surface area (Å²) in [4.78, 5) is 0. The Morgan fingerprint density at radius 2 is 2.40 bits per heavy atom. The van der Waals surface area contributed by atoms with Crippen LogP contribution in [0.25, 0.3) is 0 Å². The first-order valence-corrected chi connectivity index (χ1v) is 3.38. The van der Waals surface area contributed by atoms with E-state index in [1.807, 2.05) is 0 Å². The predicted molar refractivity (Wildman–Crippen MR) is 33.2 cm³/mol. The third-order valence-electron chi connectivity index (χ3n) is 1.94. The molecule has 54 valence electrons. The minimum Gasteiger partial charge on any atom is -0.247 e. The van der Waals surface area contributed by atoms with Gasteiger partial charge in [-0.3, -0.25) is 0 Å². The van der Waals surface area contributed by atoms with Crippen molar-refractivity contribution in [2.45, 2.75) is 25.1 Å². The number of rotatable bonds is 1. The largest absolute Gasteiger partial charge is 0.247 e. The van der Waals surface area contributed by atoms with E-state index >= 15 is 0 Å². The van der Waals surface area contributed by atoms with Crippen LogP contribution in [0.3, 0.4) is 0 Å². The first-order chi connectivity index (χ1) is 4.88. The quantitative estimate of drug-likeness (QED) is 0.583. The summed E-state index contributed by atoms with van der Waals surface area (Å²) < 4.78 is 14.2. The smallest absolute Gasteiger partial charge is 0.123 e. The van der Waals surface area contributed by atoms with Crippen LogP contribution < -0.4 is 0 Å². The Hall–Kier alpha value is -0.930. The molecular formula is C6H8FN3. The fourth-order valence-electron chi connectivity index (χ4n) is 1.13. The van der Waals surface area contributed by atoms with Crippen LogP contribution in [0, 0.1) is 0 Å². The van der Waals surface area contributed by atoms with Crippen molar-refractivity contribution in [1.29, 1.82) is 0 Å². The van der Waals surface area contributed by atoms with E-state index in [4.69, 9.17) is 0 Å². The second kappa shape index (κ2) is 2.04. The minimum absolute atomic E-state index is 0.0394. The van der Waals surface area contributed by atoms with Gasteiger partial charge in [0.2, 0.25) is 0 Å². The maximum atomic E-state index is 12.7. The summed E-state index contributed by atoms with van der Waals surface area (Å²) in [6, 6.07) is -0.0394. The second-order valence-corrected chi connectivity index (χ2v) is 2.54. The lowest BCUT2D eigenvalue weighted by Crippen LogP contribution is -2.30. The Kier molecular flexibility index (Phi) is 1.19. The fourth-order valence-corrected chi connectivity index (χ4v) is 1.13. The minimum atomic E-state index is -0.707. The third-order valence-corrected chi connectivity index (χ3v) is 1.94. The van der Waals surface area contributed by atoms with Crippen LogP contribution in [0.1, 0.15) is 18.9 Å². The van der Waals surface area contributed by atoms with Crippen molar-refractivity contribution < 1.29 is 4.39 Å². The van der Waals surface area contributed by atoms with Gasteiger partial charge in [0.25, 0.3) is 0 Å². The Labute approximate surface area is 57.8 Å². The molecule has 2 atom stereocenters. The van der Waals surface area contributed by atoms with Gasteiger partial charge in [-0.15, -0.1) is 5.10 Å². The molecule has 0 aromatic carbocycles. The summed E-state index contributed by atoms with van der Waals surface area (Å²) in [6.45, 7) is 0. The van der Waals surface area contributed by atoms with Gasteiger partial charge in [-0.1, -0.05) is 5.21 Å². The van der Waals surface area contributed by atoms with Crippen LogP contribution >= 0.6 is 0 Å². The molecule has 0 bridgehead atoms. The van der Waals surface area contributed by atoms with E-state index in [2.05, 4.69) is 10.3 Å². The zero-order valence-electron chi connectivity index (χ0n) is 5.44. The van der Waals surface area contributed by atoms with Crippen molar-refractivity contribution in [1.82, 2.24) is 15.0 Å². The molecule has 10 heavy (non-hydrogen) atoms. The van der Waals surface area contributed by atoms with Gasteiger partial charge < -0.3 is 0 Å². The molecule has 4 heteroatoms. The monoisotopic (exact) mass is 141 g/mol. The van der Waals surface area contributed by atoms with Crippen LogP contribution in [0.4, 0.5) is 4.39 Å². The average Bonchev–Trinajstić information content (AvgIpc) is 2.37. The van der Waals surface area contributed by atoms with Gasteiger partial charge in [0.05, 0.1) is 12.2 Å². The second-order valence-electron chi connectivity index (χ2n) is 2.54. The van der Waals surface area contributed by atoms with Crippen LogP contribution in [0.2, 0.25) is 0 Å². The molecule has 2 rings (SSSR count). The molecular weight excluding hydrogens is 133 g/mol. The molecule has 1 aromatic rings. The van der Waals surface area contributed by atoms with E-state index in [1.165, 1.54) is 0 Å². The molecule has 1 aromatic heterocycles. The SMILES string of the molecule is F[C@H]1CC[C@H]1n1ccnn1. The molecule has 0 aliphatic heterocycles. The zero-order chi connectivity index (χ0) is 6.97. The fraction of sp³-hybridized carbons (Fsp3) is 0.667. The predicted octanol–water partition coefficient (Wildman–Crippen LogP) is 0.951. The van der Waals surface area contributed by atoms with Gasteiger partial charge in [-0.05, 0) is 12.8 Å². The Morgan fingerprint density at radius 1 is 1.50 bits per heavy atom. The first kappa shape index (κ1) is 5.82. The Morgan fingerprint density at radius 3 is 2.80 bits per heavy atom. The highest BCUT2D eigenvalue weighted by atomic mass is 19.1. The lowest BCUT2D eigenvalue weighted by Gasteiger charge is -2.29. The summed E-state index contributed by atoms with van der Waals surface area (Å²) in [6.07, 6.45) is 4.14. The molecule has 0 spiro atoms. The van der Waals surface area contributed by atoms with Gasteiger partial charge >= 0.3 is 0 Å². The summed E-state index contributed by atoms with van der Waals surface area (Å²) in [7, 11) is 0. The summed E-state index contributed by atoms with van der Waals surface area (Å²) in [5, 5.41) is 7.32. The summed E-state index contributed by atoms with van der Waals surface area (Å²) in [5.74, 6) is 0. The average molecular weight is 141 g/mol. The molecule has 3 nitrogen and oxygen atoms in total. The van der Waals surface area contributed by atoms with Crippen molar-refractivity contribution in [2.24, 2.45) is 0 Å². The molecule has 0 saturated heterocycles. The summed E-state index contributed by atoms with van der Waals surface area (Å²) in [5.41, 5.74) is 0.